The Morgan fingerprint density at radius 2 is 1.80 bits per heavy atom. The molecule has 25 heavy (non-hydrogen) atoms. The summed E-state index contributed by atoms with van der Waals surface area (Å²) < 4.78 is 5.25. The third-order valence-corrected chi connectivity index (χ3v) is 4.41. The Balaban J connectivity index is 1.51. The minimum Gasteiger partial charge on any atom is -0.457 e. The van der Waals surface area contributed by atoms with Gasteiger partial charge in [-0.3, -0.25) is 4.90 Å². The second-order valence-corrected chi connectivity index (χ2v) is 6.15. The normalized spacial score (nSPS) is 13.6. The predicted molar refractivity (Wildman–Crippen MR) is 95.2 cm³/mol. The molecule has 0 bridgehead atoms. The predicted octanol–water partition coefficient (Wildman–Crippen LogP) is 2.50. The summed E-state index contributed by atoms with van der Waals surface area (Å²) in [6.07, 6.45) is 1.57. The molecule has 1 aliphatic rings. The molecular weight excluding hydrogens is 314 g/mol. The van der Waals surface area contributed by atoms with Crippen molar-refractivity contribution in [2.24, 2.45) is 0 Å². The lowest BCUT2D eigenvalue weighted by Gasteiger charge is -2.26. The molecule has 0 N–H and O–H groups in total. The van der Waals surface area contributed by atoms with Gasteiger partial charge in [-0.2, -0.15) is 4.79 Å². The maximum absolute atomic E-state index is 12.1. The number of benzene rings is 2. The van der Waals surface area contributed by atoms with E-state index in [2.05, 4.69) is 21.8 Å². The third kappa shape index (κ3) is 4.63. The number of carbonyl (C=O) groups excluding carboxylic acids is 1. The molecule has 3 rings (SSSR count). The summed E-state index contributed by atoms with van der Waals surface area (Å²) >= 11 is 0. The van der Waals surface area contributed by atoms with E-state index in [0.717, 1.165) is 25.1 Å². The van der Waals surface area contributed by atoms with Crippen LogP contribution in [-0.2, 0) is 28.9 Å². The number of ether oxygens (including phenoxy) is 1. The van der Waals surface area contributed by atoms with Crippen molar-refractivity contribution in [1.82, 2.24) is 4.90 Å². The van der Waals surface area contributed by atoms with Crippen molar-refractivity contribution < 1.29 is 14.3 Å². The van der Waals surface area contributed by atoms with E-state index < -0.39 is 5.97 Å². The Hall–Kier alpha value is -2.75. The summed E-state index contributed by atoms with van der Waals surface area (Å²) in [5, 5.41) is 0. The van der Waals surface area contributed by atoms with Crippen molar-refractivity contribution in [3.63, 3.8) is 0 Å². The molecule has 0 saturated heterocycles. The molecule has 0 fully saturated rings. The number of hydrogen-bond donors (Lipinski definition) is 0. The van der Waals surface area contributed by atoms with Crippen LogP contribution in [0.4, 0.5) is 0 Å². The lowest BCUT2D eigenvalue weighted by molar-refractivity contribution is -0.140. The summed E-state index contributed by atoms with van der Waals surface area (Å²) in [4.78, 5) is 17.4. The molecule has 0 aromatic heterocycles. The average Bonchev–Trinajstić information content (AvgIpc) is 2.66. The van der Waals surface area contributed by atoms with Crippen LogP contribution in [0.25, 0.3) is 5.53 Å². The van der Waals surface area contributed by atoms with E-state index in [9.17, 15) is 10.3 Å². The second-order valence-electron chi connectivity index (χ2n) is 6.15. The minimum atomic E-state index is -0.558. The van der Waals surface area contributed by atoms with Crippen molar-refractivity contribution in [3.8, 4) is 0 Å². The van der Waals surface area contributed by atoms with Crippen molar-refractivity contribution in [2.45, 2.75) is 19.4 Å². The third-order valence-electron chi connectivity index (χ3n) is 4.41. The molecule has 1 heterocycles. The molecule has 0 atom stereocenters. The highest BCUT2D eigenvalue weighted by Crippen LogP contribution is 2.18. The van der Waals surface area contributed by atoms with E-state index in [4.69, 9.17) is 4.74 Å². The SMILES string of the molecule is [N-]=[N+]=C(CN1CCc2ccccc2C1)C(=O)OCCc1ccccc1. The van der Waals surface area contributed by atoms with Crippen LogP contribution in [0.1, 0.15) is 16.7 Å². The van der Waals surface area contributed by atoms with Crippen LogP contribution in [-0.4, -0.2) is 41.1 Å². The molecule has 0 aliphatic carbocycles. The van der Waals surface area contributed by atoms with E-state index in [1.165, 1.54) is 11.1 Å². The van der Waals surface area contributed by atoms with Crippen molar-refractivity contribution >= 4 is 11.7 Å². The fourth-order valence-corrected chi connectivity index (χ4v) is 3.03. The Morgan fingerprint density at radius 1 is 1.08 bits per heavy atom. The summed E-state index contributed by atoms with van der Waals surface area (Å²) in [5.74, 6) is -0.558. The van der Waals surface area contributed by atoms with E-state index in [0.29, 0.717) is 6.42 Å². The Labute approximate surface area is 147 Å². The highest BCUT2D eigenvalue weighted by Gasteiger charge is 2.27. The van der Waals surface area contributed by atoms with Crippen LogP contribution in [0.2, 0.25) is 0 Å². The first-order chi connectivity index (χ1) is 12.3. The van der Waals surface area contributed by atoms with Crippen molar-refractivity contribution in [1.29, 1.82) is 0 Å². The topological polar surface area (TPSA) is 65.9 Å². The molecule has 2 aromatic carbocycles. The van der Waals surface area contributed by atoms with Gasteiger partial charge in [0.1, 0.15) is 6.54 Å². The van der Waals surface area contributed by atoms with Gasteiger partial charge in [-0.1, -0.05) is 54.6 Å². The highest BCUT2D eigenvalue weighted by molar-refractivity contribution is 6.34. The van der Waals surface area contributed by atoms with Crippen LogP contribution in [0.3, 0.4) is 0 Å². The van der Waals surface area contributed by atoms with Crippen LogP contribution in [0, 0.1) is 0 Å². The fraction of sp³-hybridized carbons (Fsp3) is 0.300. The molecule has 0 amide bonds. The summed E-state index contributed by atoms with van der Waals surface area (Å²) in [5.41, 5.74) is 12.9. The zero-order valence-electron chi connectivity index (χ0n) is 14.1. The standard InChI is InChI=1S/C20H21N3O2/c21-22-19(20(24)25-13-11-16-6-2-1-3-7-16)15-23-12-10-17-8-4-5-9-18(17)14-23/h1-9H,10-15H2. The van der Waals surface area contributed by atoms with Crippen molar-refractivity contribution in [3.05, 3.63) is 76.8 Å². The number of carbonyl (C=O) groups is 1. The Kier molecular flexibility index (Phi) is 5.73. The van der Waals surface area contributed by atoms with Crippen LogP contribution in [0.15, 0.2) is 54.6 Å². The number of rotatable bonds is 6. The van der Waals surface area contributed by atoms with E-state index in [-0.39, 0.29) is 18.9 Å². The van der Waals surface area contributed by atoms with Gasteiger partial charge in [0.25, 0.3) is 0 Å². The zero-order chi connectivity index (χ0) is 17.5. The van der Waals surface area contributed by atoms with Crippen molar-refractivity contribution in [2.75, 3.05) is 19.7 Å². The molecule has 128 valence electrons. The number of esters is 1. The van der Waals surface area contributed by atoms with Gasteiger partial charge < -0.3 is 10.3 Å². The van der Waals surface area contributed by atoms with Gasteiger partial charge in [0.15, 0.2) is 0 Å². The summed E-state index contributed by atoms with van der Waals surface area (Å²) in [7, 11) is 0. The van der Waals surface area contributed by atoms with Crippen LogP contribution < -0.4 is 0 Å². The molecule has 5 nitrogen and oxygen atoms in total. The highest BCUT2D eigenvalue weighted by atomic mass is 16.5. The van der Waals surface area contributed by atoms with Gasteiger partial charge in [-0.25, -0.2) is 4.79 Å². The maximum atomic E-state index is 12.1. The molecule has 5 heteroatoms. The molecule has 1 aliphatic heterocycles. The van der Waals surface area contributed by atoms with E-state index in [1.807, 2.05) is 42.5 Å². The molecule has 0 saturated carbocycles. The molecule has 0 radical (unpaired) electrons. The largest absolute Gasteiger partial charge is 0.457 e. The van der Waals surface area contributed by atoms with Crippen LogP contribution in [0.5, 0.6) is 0 Å². The first-order valence-electron chi connectivity index (χ1n) is 8.47. The molecule has 0 unspecified atom stereocenters. The van der Waals surface area contributed by atoms with Crippen LogP contribution >= 0.6 is 0 Å². The first kappa shape index (κ1) is 17.1. The van der Waals surface area contributed by atoms with E-state index >= 15 is 0 Å². The smallest absolute Gasteiger partial charge is 0.418 e. The van der Waals surface area contributed by atoms with E-state index in [1.54, 1.807) is 0 Å². The molecular formula is C20H21N3O2. The minimum absolute atomic E-state index is 0.0486. The van der Waals surface area contributed by atoms with Gasteiger partial charge >= 0.3 is 11.7 Å². The zero-order valence-corrected chi connectivity index (χ0v) is 14.1. The lowest BCUT2D eigenvalue weighted by Crippen LogP contribution is -2.38. The Morgan fingerprint density at radius 3 is 2.56 bits per heavy atom. The van der Waals surface area contributed by atoms with Gasteiger partial charge in [-0.05, 0) is 23.1 Å². The number of fused-ring (bicyclic) bond motifs is 1. The fourth-order valence-electron chi connectivity index (χ4n) is 3.03. The Bertz CT molecular complexity index is 783. The average molecular weight is 335 g/mol. The molecule has 0 spiro atoms. The summed E-state index contributed by atoms with van der Waals surface area (Å²) in [6, 6.07) is 18.1. The quantitative estimate of drug-likeness (QED) is 0.353. The van der Waals surface area contributed by atoms with Gasteiger partial charge in [0.05, 0.1) is 6.61 Å². The number of hydrogen-bond acceptors (Lipinski definition) is 3. The second kappa shape index (κ2) is 8.38. The lowest BCUT2D eigenvalue weighted by atomic mass is 10.00. The monoisotopic (exact) mass is 335 g/mol. The molecule has 2 aromatic rings. The maximum Gasteiger partial charge on any atom is 0.418 e. The first-order valence-corrected chi connectivity index (χ1v) is 8.47. The van der Waals surface area contributed by atoms with Gasteiger partial charge in [0, 0.05) is 19.5 Å². The van der Waals surface area contributed by atoms with Gasteiger partial charge in [-0.15, -0.1) is 0 Å². The summed E-state index contributed by atoms with van der Waals surface area (Å²) in [6.45, 7) is 2.12. The van der Waals surface area contributed by atoms with Gasteiger partial charge in [0.2, 0.25) is 0 Å². The number of nitrogens with zero attached hydrogens (tertiary/aromatic N) is 3.